The Kier molecular flexibility index (Phi) is 4.16. The van der Waals surface area contributed by atoms with E-state index in [4.69, 9.17) is 9.84 Å². The van der Waals surface area contributed by atoms with Gasteiger partial charge in [0.1, 0.15) is 0 Å². The van der Waals surface area contributed by atoms with Gasteiger partial charge in [0.05, 0.1) is 23.8 Å². The Hall–Kier alpha value is -1.88. The van der Waals surface area contributed by atoms with Crippen LogP contribution in [0.5, 0.6) is 0 Å². The molecule has 1 saturated heterocycles. The Labute approximate surface area is 111 Å². The number of nitrogens with zero attached hydrogens (tertiary/aromatic N) is 1. The number of aromatic carboxylic acids is 1. The smallest absolute Gasteiger partial charge is 0.337 e. The Morgan fingerprint density at radius 1 is 1.42 bits per heavy atom. The molecule has 1 N–H and O–H groups in total. The third-order valence-electron chi connectivity index (χ3n) is 3.30. The van der Waals surface area contributed by atoms with Crippen LogP contribution < -0.4 is 4.90 Å². The van der Waals surface area contributed by atoms with Crippen molar-refractivity contribution in [3.05, 3.63) is 29.8 Å². The van der Waals surface area contributed by atoms with Crippen LogP contribution in [0.3, 0.4) is 0 Å². The average molecular weight is 263 g/mol. The second-order valence-corrected chi connectivity index (χ2v) is 4.61. The number of anilines is 1. The summed E-state index contributed by atoms with van der Waals surface area (Å²) in [6.07, 6.45) is 2.13. The van der Waals surface area contributed by atoms with Gasteiger partial charge < -0.3 is 14.7 Å². The predicted octanol–water partition coefficient (Wildman–Crippen LogP) is 1.92. The summed E-state index contributed by atoms with van der Waals surface area (Å²) in [4.78, 5) is 24.7. The van der Waals surface area contributed by atoms with Crippen molar-refractivity contribution in [3.63, 3.8) is 0 Å². The van der Waals surface area contributed by atoms with Gasteiger partial charge in [-0.2, -0.15) is 0 Å². The van der Waals surface area contributed by atoms with E-state index in [1.807, 2.05) is 0 Å². The van der Waals surface area contributed by atoms with E-state index in [0.29, 0.717) is 18.7 Å². The molecule has 2 rings (SSSR count). The Balaban J connectivity index is 2.12. The first-order valence-corrected chi connectivity index (χ1v) is 6.30. The van der Waals surface area contributed by atoms with Crippen molar-refractivity contribution in [1.29, 1.82) is 0 Å². The number of carboxylic acids is 1. The molecule has 1 amide bonds. The molecule has 0 spiro atoms. The second-order valence-electron chi connectivity index (χ2n) is 4.61. The molecule has 5 nitrogen and oxygen atoms in total. The van der Waals surface area contributed by atoms with E-state index in [9.17, 15) is 9.59 Å². The van der Waals surface area contributed by atoms with Crippen molar-refractivity contribution in [2.24, 2.45) is 0 Å². The minimum Gasteiger partial charge on any atom is -0.478 e. The van der Waals surface area contributed by atoms with Crippen molar-refractivity contribution in [1.82, 2.24) is 0 Å². The molecule has 1 heterocycles. The first-order valence-electron chi connectivity index (χ1n) is 6.30. The Bertz CT molecular complexity index is 480. The molecule has 0 aromatic heterocycles. The van der Waals surface area contributed by atoms with E-state index in [1.165, 1.54) is 11.0 Å². The monoisotopic (exact) mass is 263 g/mol. The van der Waals surface area contributed by atoms with Gasteiger partial charge in [-0.1, -0.05) is 12.1 Å². The molecule has 0 saturated carbocycles. The summed E-state index contributed by atoms with van der Waals surface area (Å²) >= 11 is 0. The SMILES string of the molecule is CN(C(=O)CC1CCCO1)c1ccccc1C(=O)O. The molecule has 1 atom stereocenters. The molecule has 19 heavy (non-hydrogen) atoms. The first-order chi connectivity index (χ1) is 9.09. The third-order valence-corrected chi connectivity index (χ3v) is 3.30. The van der Waals surface area contributed by atoms with Gasteiger partial charge in [0.15, 0.2) is 0 Å². The Morgan fingerprint density at radius 2 is 2.16 bits per heavy atom. The lowest BCUT2D eigenvalue weighted by Crippen LogP contribution is -2.30. The summed E-state index contributed by atoms with van der Waals surface area (Å²) < 4.78 is 5.42. The molecule has 1 aliphatic rings. The van der Waals surface area contributed by atoms with Crippen molar-refractivity contribution in [2.75, 3.05) is 18.6 Å². The van der Waals surface area contributed by atoms with Crippen LogP contribution in [0.2, 0.25) is 0 Å². The molecule has 1 aliphatic heterocycles. The van der Waals surface area contributed by atoms with E-state index in [-0.39, 0.29) is 17.6 Å². The van der Waals surface area contributed by atoms with E-state index >= 15 is 0 Å². The number of hydrogen-bond acceptors (Lipinski definition) is 3. The highest BCUT2D eigenvalue weighted by Gasteiger charge is 2.23. The number of rotatable bonds is 4. The zero-order valence-electron chi connectivity index (χ0n) is 10.8. The lowest BCUT2D eigenvalue weighted by Gasteiger charge is -2.20. The summed E-state index contributed by atoms with van der Waals surface area (Å²) in [5.41, 5.74) is 0.545. The summed E-state index contributed by atoms with van der Waals surface area (Å²) in [7, 11) is 1.60. The zero-order chi connectivity index (χ0) is 13.8. The van der Waals surface area contributed by atoms with Gasteiger partial charge in [-0.3, -0.25) is 4.79 Å². The molecule has 0 bridgehead atoms. The molecule has 1 aromatic rings. The number of amides is 1. The van der Waals surface area contributed by atoms with Gasteiger partial charge in [-0.15, -0.1) is 0 Å². The van der Waals surface area contributed by atoms with Crippen molar-refractivity contribution < 1.29 is 19.4 Å². The van der Waals surface area contributed by atoms with Gasteiger partial charge in [0, 0.05) is 13.7 Å². The van der Waals surface area contributed by atoms with Gasteiger partial charge in [-0.25, -0.2) is 4.79 Å². The summed E-state index contributed by atoms with van der Waals surface area (Å²) in [5, 5.41) is 9.12. The van der Waals surface area contributed by atoms with Crippen molar-refractivity contribution >= 4 is 17.6 Å². The minimum atomic E-state index is -1.03. The maximum Gasteiger partial charge on any atom is 0.337 e. The Morgan fingerprint density at radius 3 is 2.79 bits per heavy atom. The van der Waals surface area contributed by atoms with Crippen molar-refractivity contribution in [3.8, 4) is 0 Å². The van der Waals surface area contributed by atoms with Crippen LogP contribution in [-0.2, 0) is 9.53 Å². The molecule has 102 valence electrons. The predicted molar refractivity (Wildman–Crippen MR) is 70.4 cm³/mol. The highest BCUT2D eigenvalue weighted by atomic mass is 16.5. The number of carbonyl (C=O) groups is 2. The molecule has 5 heteroatoms. The van der Waals surface area contributed by atoms with Gasteiger partial charge in [-0.05, 0) is 25.0 Å². The summed E-state index contributed by atoms with van der Waals surface area (Å²) in [6.45, 7) is 0.702. The van der Waals surface area contributed by atoms with E-state index in [0.717, 1.165) is 12.8 Å². The molecule has 0 aliphatic carbocycles. The summed E-state index contributed by atoms with van der Waals surface area (Å²) in [6, 6.07) is 6.49. The highest BCUT2D eigenvalue weighted by Crippen LogP contribution is 2.22. The lowest BCUT2D eigenvalue weighted by molar-refractivity contribution is -0.120. The fraction of sp³-hybridized carbons (Fsp3) is 0.429. The van der Waals surface area contributed by atoms with Crippen LogP contribution in [0.1, 0.15) is 29.6 Å². The largest absolute Gasteiger partial charge is 0.478 e. The van der Waals surface area contributed by atoms with Gasteiger partial charge in [0.2, 0.25) is 5.91 Å². The number of carbonyl (C=O) groups excluding carboxylic acids is 1. The molecule has 1 unspecified atom stereocenters. The highest BCUT2D eigenvalue weighted by molar-refractivity contribution is 6.01. The van der Waals surface area contributed by atoms with Crippen LogP contribution in [0.4, 0.5) is 5.69 Å². The molecule has 1 aromatic carbocycles. The third kappa shape index (κ3) is 3.12. The van der Waals surface area contributed by atoms with E-state index in [2.05, 4.69) is 0 Å². The zero-order valence-corrected chi connectivity index (χ0v) is 10.8. The van der Waals surface area contributed by atoms with Crippen molar-refractivity contribution in [2.45, 2.75) is 25.4 Å². The number of para-hydroxylation sites is 1. The van der Waals surface area contributed by atoms with Crippen LogP contribution in [-0.4, -0.2) is 36.7 Å². The standard InChI is InChI=1S/C14H17NO4/c1-15(13(16)9-10-5-4-8-19-10)12-7-3-2-6-11(12)14(17)18/h2-3,6-7,10H,4-5,8-9H2,1H3,(H,17,18). The fourth-order valence-electron chi connectivity index (χ4n) is 2.22. The molecule has 1 fully saturated rings. The maximum atomic E-state index is 12.1. The molecule has 0 radical (unpaired) electrons. The van der Waals surface area contributed by atoms with Crippen LogP contribution >= 0.6 is 0 Å². The molecular weight excluding hydrogens is 246 g/mol. The van der Waals surface area contributed by atoms with Crippen LogP contribution in [0.15, 0.2) is 24.3 Å². The normalized spacial score (nSPS) is 18.3. The minimum absolute atomic E-state index is 0.0352. The maximum absolute atomic E-state index is 12.1. The lowest BCUT2D eigenvalue weighted by atomic mass is 10.1. The number of ether oxygens (including phenoxy) is 1. The quantitative estimate of drug-likeness (QED) is 0.901. The first kappa shape index (κ1) is 13.5. The van der Waals surface area contributed by atoms with Crippen LogP contribution in [0.25, 0.3) is 0 Å². The number of benzene rings is 1. The topological polar surface area (TPSA) is 66.8 Å². The number of carboxylic acid groups (broad SMARTS) is 1. The number of hydrogen-bond donors (Lipinski definition) is 1. The fourth-order valence-corrected chi connectivity index (χ4v) is 2.22. The molecular formula is C14H17NO4. The van der Waals surface area contributed by atoms with E-state index in [1.54, 1.807) is 25.2 Å². The van der Waals surface area contributed by atoms with Gasteiger partial charge in [0.25, 0.3) is 0 Å². The van der Waals surface area contributed by atoms with Crippen LogP contribution in [0, 0.1) is 0 Å². The second kappa shape index (κ2) is 5.84. The average Bonchev–Trinajstić information content (AvgIpc) is 2.90. The van der Waals surface area contributed by atoms with E-state index < -0.39 is 5.97 Å². The van der Waals surface area contributed by atoms with Gasteiger partial charge >= 0.3 is 5.97 Å². The summed E-state index contributed by atoms with van der Waals surface area (Å²) in [5.74, 6) is -1.16.